The van der Waals surface area contributed by atoms with Crippen molar-refractivity contribution in [2.24, 2.45) is 5.92 Å². The lowest BCUT2D eigenvalue weighted by Crippen LogP contribution is -2.57. The zero-order chi connectivity index (χ0) is 43.1. The highest BCUT2D eigenvalue weighted by molar-refractivity contribution is 7.91. The van der Waals surface area contributed by atoms with Gasteiger partial charge < -0.3 is 24.4 Å². The predicted molar refractivity (Wildman–Crippen MR) is 230 cm³/mol. The molecule has 14 nitrogen and oxygen atoms in total. The molecule has 2 N–H and O–H groups in total. The van der Waals surface area contributed by atoms with Crippen LogP contribution in [-0.2, 0) is 24.4 Å². The highest BCUT2D eigenvalue weighted by Crippen LogP contribution is 2.46. The molecule has 2 aliphatic heterocycles. The third-order valence-electron chi connectivity index (χ3n) is 12.0. The zero-order valence-electron chi connectivity index (χ0n) is 34.7. The summed E-state index contributed by atoms with van der Waals surface area (Å²) in [6.07, 6.45) is 6.71. The molecule has 2 aliphatic carbocycles. The van der Waals surface area contributed by atoms with Gasteiger partial charge in [0.2, 0.25) is 15.9 Å². The highest BCUT2D eigenvalue weighted by Gasteiger charge is 2.62. The number of amides is 3. The molecule has 4 heterocycles. The summed E-state index contributed by atoms with van der Waals surface area (Å²) in [5, 5.41) is 15.3. The zero-order valence-corrected chi connectivity index (χ0v) is 36.3. The Hall–Kier alpha value is -5.53. The fraction of sp³-hybridized carbons (Fsp3) is 0.467. The quantitative estimate of drug-likeness (QED) is 0.166. The van der Waals surface area contributed by atoms with Crippen LogP contribution in [0, 0.1) is 24.2 Å². The Bertz CT molecular complexity index is 2550. The van der Waals surface area contributed by atoms with Gasteiger partial charge in [0.25, 0.3) is 11.8 Å². The number of rotatable bonds is 10. The summed E-state index contributed by atoms with van der Waals surface area (Å²) in [5.74, 6) is -0.533. The summed E-state index contributed by atoms with van der Waals surface area (Å²) in [4.78, 5) is 54.8. The monoisotopic (exact) mass is 866 g/mol. The van der Waals surface area contributed by atoms with E-state index in [2.05, 4.69) is 30.0 Å². The molecule has 3 fully saturated rings. The number of allylic oxidation sites excluding steroid dienone is 1. The number of hydrogen-bond donors (Lipinski definition) is 2. The third-order valence-corrected chi connectivity index (χ3v) is 14.7. The van der Waals surface area contributed by atoms with Crippen LogP contribution in [0.4, 0.5) is 0 Å². The average molecular weight is 867 g/mol. The number of methoxy groups -OCH3 is 1. The van der Waals surface area contributed by atoms with Crippen LogP contribution in [0.3, 0.4) is 0 Å². The van der Waals surface area contributed by atoms with Gasteiger partial charge in [-0.1, -0.05) is 38.5 Å². The minimum atomic E-state index is -3.91. The highest BCUT2D eigenvalue weighted by atomic mass is 32.2. The van der Waals surface area contributed by atoms with Gasteiger partial charge in [0.05, 0.1) is 41.7 Å². The Morgan fingerprint density at radius 3 is 2.62 bits per heavy atom. The maximum absolute atomic E-state index is 14.9. The van der Waals surface area contributed by atoms with Gasteiger partial charge in [0, 0.05) is 34.7 Å². The van der Waals surface area contributed by atoms with Crippen molar-refractivity contribution in [1.82, 2.24) is 24.9 Å². The molecule has 1 unspecified atom stereocenters. The van der Waals surface area contributed by atoms with Crippen molar-refractivity contribution in [3.8, 4) is 34.0 Å². The summed E-state index contributed by atoms with van der Waals surface area (Å²) >= 11 is 1.48. The molecule has 0 radical (unpaired) electrons. The Morgan fingerprint density at radius 1 is 1.07 bits per heavy atom. The van der Waals surface area contributed by atoms with Gasteiger partial charge in [0.1, 0.15) is 45.6 Å². The summed E-state index contributed by atoms with van der Waals surface area (Å²) in [5.41, 5.74) is 1.88. The number of pyridine rings is 1. The maximum Gasteiger partial charge on any atom is 0.264 e. The molecule has 0 bridgehead atoms. The van der Waals surface area contributed by atoms with Gasteiger partial charge >= 0.3 is 0 Å². The SMILES string of the molecule is COc1ccc2c(O[C@@H]3C[C@H]4C(=O)N[C@]5(C(=O)NS(=O)(=O)C6CC6)C[C@H]5/C=C\CCCCCC(Oc5cccc(C#N)c5)C(=O)N4C3)cc(-c3nc(C(C)C)cs3)nc2c1C. The van der Waals surface area contributed by atoms with Crippen LogP contribution in [0.15, 0.2) is 60.0 Å². The number of sulfonamides is 1. The van der Waals surface area contributed by atoms with E-state index in [1.54, 1.807) is 31.4 Å². The number of aryl methyl sites for hydroxylation is 1. The number of nitrogens with zero attached hydrogens (tertiary/aromatic N) is 4. The van der Waals surface area contributed by atoms with Crippen molar-refractivity contribution in [3.05, 3.63) is 76.8 Å². The number of hydrogen-bond acceptors (Lipinski definition) is 12. The van der Waals surface area contributed by atoms with Crippen molar-refractivity contribution in [2.75, 3.05) is 13.7 Å². The van der Waals surface area contributed by atoms with Crippen LogP contribution in [0.25, 0.3) is 21.6 Å². The molecule has 1 saturated heterocycles. The van der Waals surface area contributed by atoms with E-state index in [-0.39, 0.29) is 25.3 Å². The van der Waals surface area contributed by atoms with Gasteiger partial charge in [-0.15, -0.1) is 11.3 Å². The number of aromatic nitrogens is 2. The van der Waals surface area contributed by atoms with Crippen molar-refractivity contribution in [1.29, 1.82) is 5.26 Å². The van der Waals surface area contributed by atoms with Crippen LogP contribution in [0.2, 0.25) is 0 Å². The standard InChI is InChI=1S/C45H50N6O8S2/c1-26(2)35-25-60-42(48-35)34-21-39(33-17-18-37(57-4)27(3)40(33)47-34)59-31-20-36-41(52)49-45(44(54)50-61(55,56)32-15-16-32)22-29(45)12-8-6-5-7-9-14-38(43(53)51(36)24-31)58-30-13-10-11-28(19-30)23-46/h8,10-13,17-19,21,25-26,29,31-32,36,38H,5-7,9,14-16,20,22,24H2,1-4H3,(H,49,52)(H,50,54)/b12-8-/t29-,31-,36+,38?,45-/m1/s1. The summed E-state index contributed by atoms with van der Waals surface area (Å²) in [7, 11) is -2.31. The Morgan fingerprint density at radius 2 is 1.89 bits per heavy atom. The number of nitriles is 1. The summed E-state index contributed by atoms with van der Waals surface area (Å²) in [6, 6.07) is 13.2. The second-order valence-electron chi connectivity index (χ2n) is 16.8. The number of ether oxygens (including phenoxy) is 3. The van der Waals surface area contributed by atoms with Gasteiger partial charge in [0.15, 0.2) is 6.10 Å². The maximum atomic E-state index is 14.9. The first-order chi connectivity index (χ1) is 29.3. The molecule has 4 aromatic rings. The average Bonchev–Trinajstić information content (AvgIpc) is 4.12. The molecule has 4 aliphatic rings. The lowest BCUT2D eigenvalue weighted by Gasteiger charge is -2.29. The summed E-state index contributed by atoms with van der Waals surface area (Å²) < 4.78 is 47.0. The van der Waals surface area contributed by atoms with Gasteiger partial charge in [-0.25, -0.2) is 18.4 Å². The molecule has 2 aromatic heterocycles. The van der Waals surface area contributed by atoms with E-state index in [0.29, 0.717) is 76.5 Å². The van der Waals surface area contributed by atoms with E-state index in [1.165, 1.54) is 16.2 Å². The molecule has 2 aromatic carbocycles. The number of benzene rings is 2. The molecular formula is C45H50N6O8S2. The van der Waals surface area contributed by atoms with E-state index >= 15 is 0 Å². The first kappa shape index (κ1) is 42.2. The molecular weight excluding hydrogens is 817 g/mol. The van der Waals surface area contributed by atoms with Crippen LogP contribution in [-0.4, -0.2) is 83.7 Å². The molecule has 0 spiro atoms. The van der Waals surface area contributed by atoms with Crippen LogP contribution in [0.5, 0.6) is 17.2 Å². The molecule has 8 rings (SSSR count). The Labute approximate surface area is 359 Å². The molecule has 61 heavy (non-hydrogen) atoms. The first-order valence-electron chi connectivity index (χ1n) is 20.9. The third kappa shape index (κ3) is 8.81. The fourth-order valence-electron chi connectivity index (χ4n) is 8.25. The molecule has 2 saturated carbocycles. The van der Waals surface area contributed by atoms with Crippen molar-refractivity contribution < 1.29 is 37.0 Å². The van der Waals surface area contributed by atoms with Crippen LogP contribution in [0.1, 0.15) is 94.4 Å². The normalized spacial score (nSPS) is 25.0. The van der Waals surface area contributed by atoms with Gasteiger partial charge in [-0.2, -0.15) is 5.26 Å². The van der Waals surface area contributed by atoms with Crippen molar-refractivity contribution >= 4 is 50.0 Å². The Kier molecular flexibility index (Phi) is 11.8. The molecule has 3 amide bonds. The number of fused-ring (bicyclic) bond motifs is 3. The number of thiazole rings is 1. The van der Waals surface area contributed by atoms with E-state index in [1.807, 2.05) is 42.7 Å². The Balaban J connectivity index is 1.16. The first-order valence-corrected chi connectivity index (χ1v) is 23.4. The second kappa shape index (κ2) is 17.1. The van der Waals surface area contributed by atoms with E-state index in [4.69, 9.17) is 24.2 Å². The van der Waals surface area contributed by atoms with E-state index < -0.39 is 62.7 Å². The molecule has 16 heteroatoms. The van der Waals surface area contributed by atoms with Gasteiger partial charge in [-0.3, -0.25) is 19.1 Å². The van der Waals surface area contributed by atoms with Crippen molar-refractivity contribution in [2.45, 2.75) is 114 Å². The number of nitrogens with one attached hydrogen (secondary N) is 2. The minimum Gasteiger partial charge on any atom is -0.496 e. The lowest BCUT2D eigenvalue weighted by molar-refractivity contribution is -0.145. The fourth-order valence-corrected chi connectivity index (χ4v) is 10.6. The van der Waals surface area contributed by atoms with E-state index in [0.717, 1.165) is 24.1 Å². The smallest absolute Gasteiger partial charge is 0.264 e. The topological polar surface area (TPSA) is 190 Å². The van der Waals surface area contributed by atoms with Gasteiger partial charge in [-0.05, 0) is 88.1 Å². The largest absolute Gasteiger partial charge is 0.496 e. The minimum absolute atomic E-state index is 0.0106. The van der Waals surface area contributed by atoms with Crippen molar-refractivity contribution in [3.63, 3.8) is 0 Å². The predicted octanol–water partition coefficient (Wildman–Crippen LogP) is 6.47. The van der Waals surface area contributed by atoms with E-state index in [9.17, 15) is 28.1 Å². The van der Waals surface area contributed by atoms with Crippen LogP contribution >= 0.6 is 11.3 Å². The second-order valence-corrected chi connectivity index (χ2v) is 19.6. The summed E-state index contributed by atoms with van der Waals surface area (Å²) in [6.45, 7) is 6.09. The molecule has 320 valence electrons. The van der Waals surface area contributed by atoms with Crippen LogP contribution < -0.4 is 24.2 Å². The lowest BCUT2D eigenvalue weighted by atomic mass is 10.1. The molecule has 5 atom stereocenters. The number of carbonyl (C=O) groups is 3. The number of carbonyl (C=O) groups excluding carboxylic acids is 3.